The number of aliphatic carboxylic acids is 1. The molecule has 0 aliphatic carbocycles. The molecule has 0 bridgehead atoms. The van der Waals surface area contributed by atoms with Gasteiger partial charge < -0.3 is 10.2 Å². The van der Waals surface area contributed by atoms with Crippen LogP contribution in [0.25, 0.3) is 0 Å². The Bertz CT molecular complexity index is 277. The van der Waals surface area contributed by atoms with Crippen LogP contribution in [0, 0.1) is 0 Å². The first-order chi connectivity index (χ1) is 6.02. The van der Waals surface area contributed by atoms with Gasteiger partial charge in [0.2, 0.25) is 0 Å². The molecular formula is C7H7NO5. The van der Waals surface area contributed by atoms with Gasteiger partial charge in [-0.2, -0.15) is 0 Å². The topological polar surface area (TPSA) is 94.9 Å². The van der Waals surface area contributed by atoms with E-state index >= 15 is 0 Å². The van der Waals surface area contributed by atoms with Crippen molar-refractivity contribution in [1.29, 1.82) is 0 Å². The summed E-state index contributed by atoms with van der Waals surface area (Å²) >= 11 is 0. The fourth-order valence-corrected chi connectivity index (χ4v) is 0.862. The van der Waals surface area contributed by atoms with E-state index in [-0.39, 0.29) is 0 Å². The normalized spacial score (nSPS) is 18.1. The van der Waals surface area contributed by atoms with E-state index < -0.39 is 30.4 Å². The molecular weight excluding hydrogens is 178 g/mol. The van der Waals surface area contributed by atoms with Crippen LogP contribution >= 0.6 is 0 Å². The standard InChI is InChI=1S/C7H7NO5/c9-4(7(12)13)3-8-5(10)1-2-6(8)11/h1-2,4,9H,3H2,(H,12,13). The zero-order valence-corrected chi connectivity index (χ0v) is 6.51. The van der Waals surface area contributed by atoms with Gasteiger partial charge in [-0.15, -0.1) is 0 Å². The van der Waals surface area contributed by atoms with Crippen LogP contribution in [0.2, 0.25) is 0 Å². The van der Waals surface area contributed by atoms with Gasteiger partial charge in [0, 0.05) is 12.2 Å². The second-order valence-corrected chi connectivity index (χ2v) is 2.47. The third-order valence-corrected chi connectivity index (χ3v) is 1.54. The maximum atomic E-state index is 10.9. The van der Waals surface area contributed by atoms with Gasteiger partial charge in [0.05, 0.1) is 6.54 Å². The lowest BCUT2D eigenvalue weighted by atomic mass is 10.3. The number of hydrogen-bond donors (Lipinski definition) is 2. The molecule has 1 aliphatic rings. The SMILES string of the molecule is O=C(O)C(O)CN1C(=O)C=CC1=O. The first kappa shape index (κ1) is 9.40. The molecule has 13 heavy (non-hydrogen) atoms. The predicted octanol–water partition coefficient (Wildman–Crippen LogP) is -1.64. The van der Waals surface area contributed by atoms with E-state index in [2.05, 4.69) is 0 Å². The average Bonchev–Trinajstić information content (AvgIpc) is 2.35. The smallest absolute Gasteiger partial charge is 0.334 e. The molecule has 6 nitrogen and oxygen atoms in total. The number of carboxylic acids is 1. The molecule has 1 rings (SSSR count). The van der Waals surface area contributed by atoms with Crippen LogP contribution in [0.5, 0.6) is 0 Å². The minimum Gasteiger partial charge on any atom is -0.479 e. The van der Waals surface area contributed by atoms with Gasteiger partial charge in [-0.05, 0) is 0 Å². The minimum absolute atomic E-state index is 0.514. The van der Waals surface area contributed by atoms with Crippen molar-refractivity contribution in [3.63, 3.8) is 0 Å². The lowest BCUT2D eigenvalue weighted by molar-refractivity contribution is -0.149. The summed E-state index contributed by atoms with van der Waals surface area (Å²) in [5.41, 5.74) is 0. The van der Waals surface area contributed by atoms with Crippen molar-refractivity contribution < 1.29 is 24.6 Å². The van der Waals surface area contributed by atoms with E-state index in [9.17, 15) is 14.4 Å². The maximum absolute atomic E-state index is 10.9. The first-order valence-electron chi connectivity index (χ1n) is 3.47. The van der Waals surface area contributed by atoms with Crippen molar-refractivity contribution in [3.8, 4) is 0 Å². The van der Waals surface area contributed by atoms with Gasteiger partial charge in [0.1, 0.15) is 0 Å². The zero-order valence-electron chi connectivity index (χ0n) is 6.51. The Morgan fingerprint density at radius 1 is 1.38 bits per heavy atom. The molecule has 0 saturated heterocycles. The van der Waals surface area contributed by atoms with E-state index in [0.717, 1.165) is 12.2 Å². The van der Waals surface area contributed by atoms with Crippen LogP contribution in [-0.2, 0) is 14.4 Å². The van der Waals surface area contributed by atoms with Gasteiger partial charge >= 0.3 is 5.97 Å². The van der Waals surface area contributed by atoms with Crippen LogP contribution in [-0.4, -0.2) is 45.5 Å². The summed E-state index contributed by atoms with van der Waals surface area (Å²) in [6.45, 7) is -0.514. The molecule has 0 radical (unpaired) electrons. The Balaban J connectivity index is 2.60. The third-order valence-electron chi connectivity index (χ3n) is 1.54. The van der Waals surface area contributed by atoms with E-state index in [1.165, 1.54) is 0 Å². The third kappa shape index (κ3) is 1.91. The van der Waals surface area contributed by atoms with E-state index in [0.29, 0.717) is 4.90 Å². The summed E-state index contributed by atoms with van der Waals surface area (Å²) in [7, 11) is 0. The monoisotopic (exact) mass is 185 g/mol. The van der Waals surface area contributed by atoms with Crippen LogP contribution in [0.15, 0.2) is 12.2 Å². The molecule has 0 aromatic heterocycles. The highest BCUT2D eigenvalue weighted by molar-refractivity contribution is 6.13. The summed E-state index contributed by atoms with van der Waals surface area (Å²) < 4.78 is 0. The number of amides is 2. The Labute approximate surface area is 73.1 Å². The largest absolute Gasteiger partial charge is 0.479 e. The maximum Gasteiger partial charge on any atom is 0.334 e. The van der Waals surface area contributed by atoms with Crippen molar-refractivity contribution in [2.75, 3.05) is 6.54 Å². The first-order valence-corrected chi connectivity index (χ1v) is 3.47. The van der Waals surface area contributed by atoms with Crippen molar-refractivity contribution in [1.82, 2.24) is 4.90 Å². The molecule has 2 amide bonds. The van der Waals surface area contributed by atoms with Crippen molar-refractivity contribution in [2.45, 2.75) is 6.10 Å². The number of nitrogens with zero attached hydrogens (tertiary/aromatic N) is 1. The van der Waals surface area contributed by atoms with Gasteiger partial charge in [0.25, 0.3) is 11.8 Å². The Hall–Kier alpha value is -1.69. The number of aliphatic hydroxyl groups is 1. The Morgan fingerprint density at radius 3 is 2.23 bits per heavy atom. The van der Waals surface area contributed by atoms with E-state index in [4.69, 9.17) is 10.2 Å². The molecule has 0 aromatic rings. The molecule has 0 aromatic carbocycles. The molecule has 1 aliphatic heterocycles. The Kier molecular flexibility index (Phi) is 2.43. The van der Waals surface area contributed by atoms with E-state index in [1.54, 1.807) is 0 Å². The highest BCUT2D eigenvalue weighted by Gasteiger charge is 2.28. The fraction of sp³-hybridized carbons (Fsp3) is 0.286. The fourth-order valence-electron chi connectivity index (χ4n) is 0.862. The van der Waals surface area contributed by atoms with Crippen molar-refractivity contribution >= 4 is 17.8 Å². The molecule has 0 saturated carbocycles. The molecule has 0 fully saturated rings. The number of carboxylic acid groups (broad SMARTS) is 1. The van der Waals surface area contributed by atoms with Crippen LogP contribution < -0.4 is 0 Å². The number of rotatable bonds is 3. The Morgan fingerprint density at radius 2 is 1.85 bits per heavy atom. The number of imide groups is 1. The lowest BCUT2D eigenvalue weighted by Gasteiger charge is -2.15. The summed E-state index contributed by atoms with van der Waals surface area (Å²) in [4.78, 5) is 32.6. The minimum atomic E-state index is -1.73. The highest BCUT2D eigenvalue weighted by Crippen LogP contribution is 2.04. The lowest BCUT2D eigenvalue weighted by Crippen LogP contribution is -2.40. The summed E-state index contributed by atoms with van der Waals surface area (Å²) in [6, 6.07) is 0. The van der Waals surface area contributed by atoms with Gasteiger partial charge in [0.15, 0.2) is 6.10 Å². The zero-order chi connectivity index (χ0) is 10.0. The molecule has 1 atom stereocenters. The van der Waals surface area contributed by atoms with E-state index in [1.807, 2.05) is 0 Å². The quantitative estimate of drug-likeness (QED) is 0.514. The van der Waals surface area contributed by atoms with Gasteiger partial charge in [-0.1, -0.05) is 0 Å². The number of hydrogen-bond acceptors (Lipinski definition) is 4. The molecule has 1 heterocycles. The number of aliphatic hydroxyl groups excluding tert-OH is 1. The second kappa shape index (κ2) is 3.36. The highest BCUT2D eigenvalue weighted by atomic mass is 16.4. The number of carbonyl (C=O) groups excluding carboxylic acids is 2. The van der Waals surface area contributed by atoms with Crippen LogP contribution in [0.4, 0.5) is 0 Å². The van der Waals surface area contributed by atoms with Crippen molar-refractivity contribution in [3.05, 3.63) is 12.2 Å². The summed E-state index contributed by atoms with van der Waals surface area (Å²) in [6.07, 6.45) is 0.321. The molecule has 70 valence electrons. The van der Waals surface area contributed by atoms with Crippen LogP contribution in [0.3, 0.4) is 0 Å². The summed E-state index contributed by atoms with van der Waals surface area (Å²) in [5, 5.41) is 17.1. The number of carbonyl (C=O) groups is 3. The molecule has 1 unspecified atom stereocenters. The molecule has 2 N–H and O–H groups in total. The summed E-state index contributed by atoms with van der Waals surface area (Å²) in [5.74, 6) is -2.68. The number of β-amino-alcohol motifs (C(OH)–C–C–N with tert-alkyl or cyclic N) is 1. The predicted molar refractivity (Wildman–Crippen MR) is 39.5 cm³/mol. The molecule has 0 spiro atoms. The second-order valence-electron chi connectivity index (χ2n) is 2.47. The van der Waals surface area contributed by atoms with Gasteiger partial charge in [-0.3, -0.25) is 14.5 Å². The van der Waals surface area contributed by atoms with Crippen LogP contribution in [0.1, 0.15) is 0 Å². The van der Waals surface area contributed by atoms with Crippen molar-refractivity contribution in [2.24, 2.45) is 0 Å². The molecule has 6 heteroatoms. The van der Waals surface area contributed by atoms with Gasteiger partial charge in [-0.25, -0.2) is 4.79 Å². The average molecular weight is 185 g/mol.